The van der Waals surface area contributed by atoms with Gasteiger partial charge in [-0.25, -0.2) is 14.4 Å². The fourth-order valence-corrected chi connectivity index (χ4v) is 2.63. The number of rotatable bonds is 3. The summed E-state index contributed by atoms with van der Waals surface area (Å²) >= 11 is 0. The van der Waals surface area contributed by atoms with Gasteiger partial charge in [-0.05, 0) is 27.7 Å². The molecule has 1 saturated heterocycles. The van der Waals surface area contributed by atoms with Crippen molar-refractivity contribution >= 4 is 5.91 Å². The molecule has 0 spiro atoms. The smallest absolute Gasteiger partial charge is 0.309 e. The van der Waals surface area contributed by atoms with Crippen molar-refractivity contribution < 1.29 is 18.3 Å². The van der Waals surface area contributed by atoms with Gasteiger partial charge in [0, 0.05) is 12.5 Å². The fourth-order valence-electron chi connectivity index (χ4n) is 2.63. The van der Waals surface area contributed by atoms with E-state index in [9.17, 15) is 13.6 Å². The molecule has 0 radical (unpaired) electrons. The van der Waals surface area contributed by atoms with Crippen LogP contribution in [-0.2, 0) is 9.53 Å². The van der Waals surface area contributed by atoms with Crippen LogP contribution in [0.5, 0.6) is 0 Å². The van der Waals surface area contributed by atoms with Gasteiger partial charge in [-0.2, -0.15) is 4.39 Å². The summed E-state index contributed by atoms with van der Waals surface area (Å²) in [7, 11) is 0. The van der Waals surface area contributed by atoms with E-state index >= 15 is 0 Å². The molecule has 1 aromatic heterocycles. The Balaban J connectivity index is 2.31. The topological polar surface area (TPSA) is 64.1 Å². The van der Waals surface area contributed by atoms with Crippen LogP contribution in [0.4, 0.5) is 8.78 Å². The molecule has 0 aromatic carbocycles. The molecule has 21 heavy (non-hydrogen) atoms. The van der Waals surface area contributed by atoms with Crippen LogP contribution >= 0.6 is 0 Å². The van der Waals surface area contributed by atoms with E-state index in [0.717, 1.165) is 6.20 Å². The predicted molar refractivity (Wildman–Crippen MR) is 71.5 cm³/mol. The third-order valence-corrected chi connectivity index (χ3v) is 3.40. The van der Waals surface area contributed by atoms with Crippen molar-refractivity contribution in [2.75, 3.05) is 6.54 Å². The third kappa shape index (κ3) is 3.53. The number of aromatic nitrogens is 2. The van der Waals surface area contributed by atoms with Gasteiger partial charge in [0.25, 0.3) is 0 Å². The van der Waals surface area contributed by atoms with Crippen LogP contribution in [0.3, 0.4) is 0 Å². The van der Waals surface area contributed by atoms with E-state index < -0.39 is 23.4 Å². The molecule has 1 aliphatic rings. The summed E-state index contributed by atoms with van der Waals surface area (Å²) in [5.41, 5.74) is -0.614. The van der Waals surface area contributed by atoms with Crippen LogP contribution in [0, 0.1) is 17.8 Å². The van der Waals surface area contributed by atoms with E-state index in [0.29, 0.717) is 6.54 Å². The zero-order valence-corrected chi connectivity index (χ0v) is 12.5. The summed E-state index contributed by atoms with van der Waals surface area (Å²) in [6.07, 6.45) is -0.615. The van der Waals surface area contributed by atoms with Crippen molar-refractivity contribution in [2.45, 2.75) is 45.3 Å². The van der Waals surface area contributed by atoms with Crippen molar-refractivity contribution in [1.29, 1.82) is 0 Å². The molecule has 1 aromatic rings. The molecule has 2 heterocycles. The maximum absolute atomic E-state index is 13.9. The van der Waals surface area contributed by atoms with Gasteiger partial charge in [0.1, 0.15) is 0 Å². The number of hydrogen-bond donors (Lipinski definition) is 1. The largest absolute Gasteiger partial charge is 0.373 e. The molecular weight excluding hydrogens is 280 g/mol. The molecule has 116 valence electrons. The van der Waals surface area contributed by atoms with Crippen LogP contribution in [0.1, 0.15) is 39.3 Å². The number of nitrogens with zero attached hydrogens (tertiary/aromatic N) is 2. The molecule has 3 atom stereocenters. The van der Waals surface area contributed by atoms with Gasteiger partial charge in [0.15, 0.2) is 5.82 Å². The molecule has 0 saturated carbocycles. The molecule has 1 aliphatic heterocycles. The van der Waals surface area contributed by atoms with Crippen LogP contribution in [0.2, 0.25) is 0 Å². The predicted octanol–water partition coefficient (Wildman–Crippen LogP) is 1.79. The summed E-state index contributed by atoms with van der Waals surface area (Å²) in [5.74, 6) is -2.35. The zero-order chi connectivity index (χ0) is 15.8. The Morgan fingerprint density at radius 3 is 2.71 bits per heavy atom. The molecule has 1 amide bonds. The van der Waals surface area contributed by atoms with E-state index in [1.807, 2.05) is 27.7 Å². The molecule has 2 rings (SSSR count). The Hall–Kier alpha value is -1.63. The molecular formula is C14H19F2N3O2. The number of carbonyl (C=O) groups excluding carboxylic acids is 1. The summed E-state index contributed by atoms with van der Waals surface area (Å²) in [4.78, 5) is 18.6. The summed E-state index contributed by atoms with van der Waals surface area (Å²) in [5, 5.41) is 2.66. The van der Waals surface area contributed by atoms with Gasteiger partial charge in [0.2, 0.25) is 5.91 Å². The lowest BCUT2D eigenvalue weighted by Gasteiger charge is -2.30. The lowest BCUT2D eigenvalue weighted by Crippen LogP contribution is -2.34. The SMILES string of the molecule is C[C@@H](OC(C)(C)C)C1CNC(=O)[C@H]1c1nc(F)ncc1F. The molecule has 1 N–H and O–H groups in total. The minimum atomic E-state index is -1.05. The monoisotopic (exact) mass is 299 g/mol. The Morgan fingerprint density at radius 2 is 2.10 bits per heavy atom. The summed E-state index contributed by atoms with van der Waals surface area (Å²) in [6, 6.07) is 0. The first kappa shape index (κ1) is 15.8. The summed E-state index contributed by atoms with van der Waals surface area (Å²) < 4.78 is 32.9. The van der Waals surface area contributed by atoms with Gasteiger partial charge in [0.05, 0.1) is 29.5 Å². The molecule has 5 nitrogen and oxygen atoms in total. The maximum Gasteiger partial charge on any atom is 0.309 e. The van der Waals surface area contributed by atoms with Crippen LogP contribution in [-0.4, -0.2) is 34.1 Å². The Kier molecular flexibility index (Phi) is 4.22. The normalized spacial score (nSPS) is 24.0. The molecule has 0 aliphatic carbocycles. The minimum absolute atomic E-state index is 0.216. The highest BCUT2D eigenvalue weighted by molar-refractivity contribution is 5.85. The van der Waals surface area contributed by atoms with E-state index in [-0.39, 0.29) is 23.6 Å². The third-order valence-electron chi connectivity index (χ3n) is 3.40. The highest BCUT2D eigenvalue weighted by Gasteiger charge is 2.43. The average Bonchev–Trinajstić information content (AvgIpc) is 2.72. The Morgan fingerprint density at radius 1 is 1.43 bits per heavy atom. The molecule has 0 bridgehead atoms. The average molecular weight is 299 g/mol. The van der Waals surface area contributed by atoms with Gasteiger partial charge in [-0.1, -0.05) is 0 Å². The highest BCUT2D eigenvalue weighted by atomic mass is 19.1. The van der Waals surface area contributed by atoms with Crippen molar-refractivity contribution in [3.63, 3.8) is 0 Å². The molecule has 1 fully saturated rings. The zero-order valence-electron chi connectivity index (χ0n) is 12.5. The van der Waals surface area contributed by atoms with E-state index in [4.69, 9.17) is 4.74 Å². The number of hydrogen-bond acceptors (Lipinski definition) is 4. The quantitative estimate of drug-likeness (QED) is 0.864. The standard InChI is InChI=1S/C14H19F2N3O2/c1-7(21-14(2,3)4)8-5-17-12(20)10(8)11-9(15)6-18-13(16)19-11/h6-8,10H,5H2,1-4H3,(H,17,20)/t7-,8?,10-/m1/s1. The maximum atomic E-state index is 13.9. The second-order valence-electron chi connectivity index (χ2n) is 6.19. The lowest BCUT2D eigenvalue weighted by atomic mass is 9.87. The van der Waals surface area contributed by atoms with Crippen molar-refractivity contribution in [1.82, 2.24) is 15.3 Å². The highest BCUT2D eigenvalue weighted by Crippen LogP contribution is 2.34. The van der Waals surface area contributed by atoms with Gasteiger partial charge in [-0.3, -0.25) is 4.79 Å². The van der Waals surface area contributed by atoms with E-state index in [1.165, 1.54) is 0 Å². The van der Waals surface area contributed by atoms with Crippen molar-refractivity contribution in [2.24, 2.45) is 5.92 Å². The van der Waals surface area contributed by atoms with E-state index in [1.54, 1.807) is 0 Å². The first-order valence-corrected chi connectivity index (χ1v) is 6.82. The Labute approximate surface area is 122 Å². The number of amides is 1. The first-order chi connectivity index (χ1) is 9.69. The number of ether oxygens (including phenoxy) is 1. The fraction of sp³-hybridized carbons (Fsp3) is 0.643. The molecule has 1 unspecified atom stereocenters. The van der Waals surface area contributed by atoms with Crippen LogP contribution in [0.15, 0.2) is 6.20 Å². The van der Waals surface area contributed by atoms with Gasteiger partial charge < -0.3 is 10.1 Å². The summed E-state index contributed by atoms with van der Waals surface area (Å²) in [6.45, 7) is 7.85. The number of nitrogens with one attached hydrogen (secondary N) is 1. The second kappa shape index (κ2) is 5.63. The number of halogens is 2. The lowest BCUT2D eigenvalue weighted by molar-refractivity contribution is -0.122. The van der Waals surface area contributed by atoms with Gasteiger partial charge >= 0.3 is 6.08 Å². The first-order valence-electron chi connectivity index (χ1n) is 6.82. The van der Waals surface area contributed by atoms with Crippen LogP contribution in [0.25, 0.3) is 0 Å². The van der Waals surface area contributed by atoms with Gasteiger partial charge in [-0.15, -0.1) is 0 Å². The Bertz CT molecular complexity index is 546. The molecule has 7 heteroatoms. The second-order valence-corrected chi connectivity index (χ2v) is 6.19. The number of carbonyl (C=O) groups is 1. The van der Waals surface area contributed by atoms with Crippen LogP contribution < -0.4 is 5.32 Å². The van der Waals surface area contributed by atoms with Crippen molar-refractivity contribution in [3.05, 3.63) is 23.8 Å². The van der Waals surface area contributed by atoms with E-state index in [2.05, 4.69) is 15.3 Å². The minimum Gasteiger partial charge on any atom is -0.373 e. The van der Waals surface area contributed by atoms with Crippen molar-refractivity contribution in [3.8, 4) is 0 Å².